The number of benzene rings is 2. The second kappa shape index (κ2) is 11.8. The van der Waals surface area contributed by atoms with Crippen LogP contribution in [-0.2, 0) is 25.6 Å². The molecule has 4 atom stereocenters. The first-order valence-electron chi connectivity index (χ1n) is 12.1. The van der Waals surface area contributed by atoms with Gasteiger partial charge in [0, 0.05) is 31.1 Å². The maximum atomic E-state index is 13.3. The van der Waals surface area contributed by atoms with Gasteiger partial charge in [0.25, 0.3) is 0 Å². The first-order chi connectivity index (χ1) is 17.4. The van der Waals surface area contributed by atoms with Crippen molar-refractivity contribution in [2.45, 2.75) is 62.6 Å². The van der Waals surface area contributed by atoms with Gasteiger partial charge in [-0.25, -0.2) is 0 Å². The van der Waals surface area contributed by atoms with Gasteiger partial charge >= 0.3 is 0 Å². The number of hydrogen-bond acceptors (Lipinski definition) is 6. The maximum absolute atomic E-state index is 13.3. The van der Waals surface area contributed by atoms with Gasteiger partial charge in [-0.1, -0.05) is 54.6 Å². The van der Waals surface area contributed by atoms with Gasteiger partial charge in [-0.15, -0.1) is 0 Å². The molecule has 9 nitrogen and oxygen atoms in total. The van der Waals surface area contributed by atoms with Crippen LogP contribution in [0.4, 0.5) is 0 Å². The lowest BCUT2D eigenvalue weighted by atomic mass is 9.99. The molecule has 0 aromatic heterocycles. The number of primary amides is 1. The highest BCUT2D eigenvalue weighted by atomic mass is 32.1. The number of rotatable bonds is 9. The van der Waals surface area contributed by atoms with E-state index in [0.717, 1.165) is 16.7 Å². The molecular formula is C27H34N4O5S. The number of amides is 4. The molecule has 0 unspecified atom stereocenters. The number of aliphatic hydroxyl groups excluding tert-OH is 1. The molecule has 0 saturated carbocycles. The number of likely N-dealkylation sites (tertiary alicyclic amines) is 1. The van der Waals surface area contributed by atoms with Gasteiger partial charge in [-0.2, -0.15) is 12.6 Å². The molecule has 37 heavy (non-hydrogen) atoms. The molecule has 0 aliphatic carbocycles. The van der Waals surface area contributed by atoms with E-state index < -0.39 is 52.6 Å². The van der Waals surface area contributed by atoms with E-state index in [2.05, 4.69) is 23.3 Å². The van der Waals surface area contributed by atoms with Crippen LogP contribution in [0.1, 0.15) is 32.8 Å². The standard InChI is InChI=1S/C27H34N4O5S/c1-16(32)29-23(27(2,3)37)26(36)31-15-20(33)14-22(31)25(35)30-21(24(28)34)13-17-9-11-19(12-10-17)18-7-5-4-6-8-18/h4-12,20-23,33,37H,13-15H2,1-3H3,(H2,28,34)(H,29,32)(H,30,35)/t20-,21-,22+,23-/m1/s1. The Morgan fingerprint density at radius 1 is 1.05 bits per heavy atom. The lowest BCUT2D eigenvalue weighted by Gasteiger charge is -2.34. The van der Waals surface area contributed by atoms with E-state index >= 15 is 0 Å². The summed E-state index contributed by atoms with van der Waals surface area (Å²) < 4.78 is -0.932. The van der Waals surface area contributed by atoms with Crippen LogP contribution >= 0.6 is 12.6 Å². The molecule has 198 valence electrons. The number of hydrogen-bond donors (Lipinski definition) is 5. The van der Waals surface area contributed by atoms with Crippen LogP contribution in [-0.4, -0.2) is 69.2 Å². The second-order valence-corrected chi connectivity index (χ2v) is 11.1. The lowest BCUT2D eigenvalue weighted by Crippen LogP contribution is -2.60. The molecule has 1 fully saturated rings. The van der Waals surface area contributed by atoms with E-state index in [-0.39, 0.29) is 19.4 Å². The minimum atomic E-state index is -1.03. The maximum Gasteiger partial charge on any atom is 0.247 e. The third-order valence-electron chi connectivity index (χ3n) is 6.33. The van der Waals surface area contributed by atoms with E-state index in [0.29, 0.717) is 0 Å². The molecule has 1 aliphatic heterocycles. The van der Waals surface area contributed by atoms with Crippen molar-refractivity contribution >= 4 is 36.3 Å². The number of thiol groups is 1. The van der Waals surface area contributed by atoms with Gasteiger partial charge in [0.05, 0.1) is 6.10 Å². The number of β-amino-alcohol motifs (C(OH)–C–C–N with tert-alkyl or cyclic N) is 1. The monoisotopic (exact) mass is 526 g/mol. The van der Waals surface area contributed by atoms with Crippen molar-refractivity contribution in [1.29, 1.82) is 0 Å². The summed E-state index contributed by atoms with van der Waals surface area (Å²) in [6.07, 6.45) is -0.773. The topological polar surface area (TPSA) is 142 Å². The molecule has 0 spiro atoms. The molecule has 10 heteroatoms. The Labute approximate surface area is 222 Å². The molecule has 4 amide bonds. The predicted molar refractivity (Wildman–Crippen MR) is 144 cm³/mol. The largest absolute Gasteiger partial charge is 0.391 e. The van der Waals surface area contributed by atoms with Gasteiger partial charge < -0.3 is 26.4 Å². The lowest BCUT2D eigenvalue weighted by molar-refractivity contribution is -0.142. The van der Waals surface area contributed by atoms with E-state index in [4.69, 9.17) is 5.73 Å². The molecule has 2 aromatic rings. The minimum absolute atomic E-state index is 0.00534. The van der Waals surface area contributed by atoms with Crippen molar-refractivity contribution in [3.05, 3.63) is 60.2 Å². The SMILES string of the molecule is CC(=O)N[C@H](C(=O)N1C[C@H](O)C[C@H]1C(=O)N[C@H](Cc1ccc(-c2ccccc2)cc1)C(N)=O)C(C)(C)S. The fourth-order valence-electron chi connectivity index (χ4n) is 4.41. The number of nitrogens with two attached hydrogens (primary N) is 1. The predicted octanol–water partition coefficient (Wildman–Crippen LogP) is 1.04. The highest BCUT2D eigenvalue weighted by molar-refractivity contribution is 7.81. The highest BCUT2D eigenvalue weighted by Gasteiger charge is 2.45. The van der Waals surface area contributed by atoms with Crippen molar-refractivity contribution in [3.63, 3.8) is 0 Å². The Morgan fingerprint density at radius 3 is 2.19 bits per heavy atom. The first-order valence-corrected chi connectivity index (χ1v) is 12.5. The van der Waals surface area contributed by atoms with Crippen molar-refractivity contribution in [2.24, 2.45) is 5.73 Å². The van der Waals surface area contributed by atoms with E-state index in [9.17, 15) is 24.3 Å². The van der Waals surface area contributed by atoms with Gasteiger partial charge in [0.2, 0.25) is 23.6 Å². The molecule has 1 aliphatic rings. The fraction of sp³-hybridized carbons (Fsp3) is 0.407. The number of nitrogens with zero attached hydrogens (tertiary/aromatic N) is 1. The average Bonchev–Trinajstić information content (AvgIpc) is 3.23. The van der Waals surface area contributed by atoms with Crippen molar-refractivity contribution < 1.29 is 24.3 Å². The Kier molecular flexibility index (Phi) is 8.98. The molecule has 5 N–H and O–H groups in total. The zero-order chi connectivity index (χ0) is 27.3. The van der Waals surface area contributed by atoms with Crippen LogP contribution in [0.25, 0.3) is 11.1 Å². The number of nitrogens with one attached hydrogen (secondary N) is 2. The van der Waals surface area contributed by atoms with Crippen molar-refractivity contribution in [3.8, 4) is 11.1 Å². The van der Waals surface area contributed by atoms with Crippen LogP contribution in [0.2, 0.25) is 0 Å². The summed E-state index contributed by atoms with van der Waals surface area (Å²) in [5.74, 6) is -2.29. The molecule has 0 radical (unpaired) electrons. The first kappa shape index (κ1) is 28.2. The van der Waals surface area contributed by atoms with Crippen LogP contribution in [0.5, 0.6) is 0 Å². The van der Waals surface area contributed by atoms with E-state index in [1.165, 1.54) is 11.8 Å². The molecular weight excluding hydrogens is 492 g/mol. The Bertz CT molecular complexity index is 1130. The van der Waals surface area contributed by atoms with Gasteiger partial charge in [0.1, 0.15) is 18.1 Å². The third kappa shape index (κ3) is 7.33. The molecule has 1 saturated heterocycles. The summed E-state index contributed by atoms with van der Waals surface area (Å²) >= 11 is 4.44. The number of aliphatic hydroxyl groups is 1. The molecule has 1 heterocycles. The zero-order valence-electron chi connectivity index (χ0n) is 21.2. The van der Waals surface area contributed by atoms with Crippen LogP contribution < -0.4 is 16.4 Å². The molecule has 3 rings (SSSR count). The summed E-state index contributed by atoms with van der Waals surface area (Å²) in [6.45, 7) is 4.54. The minimum Gasteiger partial charge on any atom is -0.391 e. The quantitative estimate of drug-likeness (QED) is 0.311. The van der Waals surface area contributed by atoms with Crippen LogP contribution in [0.3, 0.4) is 0 Å². The number of carbonyl (C=O) groups excluding carboxylic acids is 4. The van der Waals surface area contributed by atoms with Crippen LogP contribution in [0.15, 0.2) is 54.6 Å². The smallest absolute Gasteiger partial charge is 0.247 e. The Hall–Kier alpha value is -3.37. The summed E-state index contributed by atoms with van der Waals surface area (Å²) in [4.78, 5) is 51.7. The second-order valence-electron chi connectivity index (χ2n) is 9.91. The molecule has 2 aromatic carbocycles. The van der Waals surface area contributed by atoms with Gasteiger partial charge in [-0.3, -0.25) is 19.2 Å². The molecule has 0 bridgehead atoms. The zero-order valence-corrected chi connectivity index (χ0v) is 22.1. The van der Waals surface area contributed by atoms with E-state index in [1.807, 2.05) is 54.6 Å². The van der Waals surface area contributed by atoms with Crippen LogP contribution in [0, 0.1) is 0 Å². The fourth-order valence-corrected chi connectivity index (χ4v) is 4.58. The van der Waals surface area contributed by atoms with Gasteiger partial charge in [-0.05, 0) is 30.5 Å². The van der Waals surface area contributed by atoms with Crippen molar-refractivity contribution in [1.82, 2.24) is 15.5 Å². The van der Waals surface area contributed by atoms with Crippen molar-refractivity contribution in [2.75, 3.05) is 6.54 Å². The summed E-state index contributed by atoms with van der Waals surface area (Å²) in [5.41, 5.74) is 8.46. The third-order valence-corrected chi connectivity index (χ3v) is 6.58. The summed E-state index contributed by atoms with van der Waals surface area (Å²) in [7, 11) is 0. The number of carbonyl (C=O) groups is 4. The summed E-state index contributed by atoms with van der Waals surface area (Å²) in [6, 6.07) is 14.4. The van der Waals surface area contributed by atoms with E-state index in [1.54, 1.807) is 13.8 Å². The normalized spacial score (nSPS) is 19.1. The van der Waals surface area contributed by atoms with Gasteiger partial charge in [0.15, 0.2) is 0 Å². The Morgan fingerprint density at radius 2 is 1.65 bits per heavy atom. The summed E-state index contributed by atoms with van der Waals surface area (Å²) in [5, 5.41) is 15.5. The average molecular weight is 527 g/mol. The highest BCUT2D eigenvalue weighted by Crippen LogP contribution is 2.25. The Balaban J connectivity index is 1.73.